The van der Waals surface area contributed by atoms with Crippen molar-refractivity contribution in [3.8, 4) is 5.69 Å². The van der Waals surface area contributed by atoms with Crippen molar-refractivity contribution in [2.45, 2.75) is 19.4 Å². The van der Waals surface area contributed by atoms with Gasteiger partial charge in [0.1, 0.15) is 0 Å². The highest BCUT2D eigenvalue weighted by Gasteiger charge is 2.00. The Bertz CT molecular complexity index is 459. The predicted molar refractivity (Wildman–Crippen MR) is 73.6 cm³/mol. The Morgan fingerprint density at radius 2 is 2.06 bits per heavy atom. The largest absolute Gasteiger partial charge is 0.328 e. The zero-order chi connectivity index (χ0) is 11.5. The minimum atomic E-state index is 0.205. The summed E-state index contributed by atoms with van der Waals surface area (Å²) in [5.74, 6) is 0. The zero-order valence-electron chi connectivity index (χ0n) is 9.10. The van der Waals surface area contributed by atoms with Crippen LogP contribution in [0.3, 0.4) is 0 Å². The van der Waals surface area contributed by atoms with Gasteiger partial charge in [0.2, 0.25) is 0 Å². The molecular weight excluding hydrogens is 313 g/mol. The van der Waals surface area contributed by atoms with Gasteiger partial charge in [0.05, 0.1) is 15.5 Å². The minimum absolute atomic E-state index is 0.205. The third kappa shape index (κ3) is 2.82. The van der Waals surface area contributed by atoms with Crippen molar-refractivity contribution in [1.82, 2.24) is 9.78 Å². The topological polar surface area (TPSA) is 43.8 Å². The Labute approximate surface area is 109 Å². The monoisotopic (exact) mass is 327 g/mol. The van der Waals surface area contributed by atoms with Gasteiger partial charge in [-0.1, -0.05) is 12.1 Å². The number of halogens is 1. The maximum atomic E-state index is 5.76. The second-order valence-electron chi connectivity index (χ2n) is 3.95. The van der Waals surface area contributed by atoms with Crippen LogP contribution in [0.5, 0.6) is 0 Å². The molecular formula is C12H14IN3. The van der Waals surface area contributed by atoms with Gasteiger partial charge in [-0.2, -0.15) is 5.10 Å². The summed E-state index contributed by atoms with van der Waals surface area (Å²) in [6.45, 7) is 2.02. The minimum Gasteiger partial charge on any atom is -0.328 e. The first-order valence-corrected chi connectivity index (χ1v) is 6.28. The van der Waals surface area contributed by atoms with Crippen LogP contribution in [0.1, 0.15) is 12.5 Å². The number of benzene rings is 1. The molecule has 1 aromatic heterocycles. The molecule has 84 valence electrons. The van der Waals surface area contributed by atoms with Gasteiger partial charge in [0.25, 0.3) is 0 Å². The first kappa shape index (κ1) is 11.6. The van der Waals surface area contributed by atoms with Gasteiger partial charge < -0.3 is 5.73 Å². The van der Waals surface area contributed by atoms with Crippen LogP contribution in [0.4, 0.5) is 0 Å². The van der Waals surface area contributed by atoms with Crippen molar-refractivity contribution < 1.29 is 0 Å². The van der Waals surface area contributed by atoms with E-state index in [1.54, 1.807) is 0 Å². The molecule has 1 heterocycles. The number of hydrogen-bond donors (Lipinski definition) is 1. The fraction of sp³-hybridized carbons (Fsp3) is 0.250. The summed E-state index contributed by atoms with van der Waals surface area (Å²) in [5.41, 5.74) is 8.10. The van der Waals surface area contributed by atoms with Crippen molar-refractivity contribution in [2.24, 2.45) is 5.73 Å². The highest BCUT2D eigenvalue weighted by Crippen LogP contribution is 2.12. The second-order valence-corrected chi connectivity index (χ2v) is 5.20. The molecule has 1 atom stereocenters. The fourth-order valence-corrected chi connectivity index (χ4v) is 1.99. The van der Waals surface area contributed by atoms with Gasteiger partial charge in [-0.3, -0.25) is 0 Å². The van der Waals surface area contributed by atoms with Crippen LogP contribution >= 0.6 is 22.6 Å². The molecule has 0 aliphatic heterocycles. The molecule has 2 aromatic rings. The molecule has 0 saturated carbocycles. The zero-order valence-corrected chi connectivity index (χ0v) is 11.3. The van der Waals surface area contributed by atoms with E-state index in [1.807, 2.05) is 24.0 Å². The Morgan fingerprint density at radius 3 is 2.56 bits per heavy atom. The summed E-state index contributed by atoms with van der Waals surface area (Å²) >= 11 is 2.25. The average Bonchev–Trinajstić information content (AvgIpc) is 2.65. The lowest BCUT2D eigenvalue weighted by Gasteiger charge is -2.06. The maximum Gasteiger partial charge on any atom is 0.0646 e. The number of hydrogen-bond acceptors (Lipinski definition) is 2. The SMILES string of the molecule is CC(N)Cc1ccc(-n2cc(I)cn2)cc1. The molecule has 4 heteroatoms. The van der Waals surface area contributed by atoms with Gasteiger partial charge in [-0.25, -0.2) is 4.68 Å². The Hall–Kier alpha value is -0.880. The highest BCUT2D eigenvalue weighted by atomic mass is 127. The molecule has 0 bridgehead atoms. The van der Waals surface area contributed by atoms with Crippen LogP contribution in [0, 0.1) is 3.57 Å². The second kappa shape index (κ2) is 4.97. The first-order valence-electron chi connectivity index (χ1n) is 5.20. The Morgan fingerprint density at radius 1 is 1.38 bits per heavy atom. The van der Waals surface area contributed by atoms with Crippen LogP contribution in [0.2, 0.25) is 0 Å². The van der Waals surface area contributed by atoms with Gasteiger partial charge in [-0.05, 0) is 53.6 Å². The van der Waals surface area contributed by atoms with Crippen LogP contribution in [0.25, 0.3) is 5.69 Å². The quantitative estimate of drug-likeness (QED) is 0.880. The van der Waals surface area contributed by atoms with E-state index >= 15 is 0 Å². The van der Waals surface area contributed by atoms with E-state index in [1.165, 1.54) is 5.56 Å². The summed E-state index contributed by atoms with van der Waals surface area (Å²) in [6, 6.07) is 8.55. The third-order valence-electron chi connectivity index (χ3n) is 2.31. The molecule has 0 aliphatic carbocycles. The third-order valence-corrected chi connectivity index (χ3v) is 2.87. The van der Waals surface area contributed by atoms with E-state index < -0.39 is 0 Å². The predicted octanol–water partition coefficient (Wildman–Crippen LogP) is 2.37. The van der Waals surface area contributed by atoms with Crippen molar-refractivity contribution in [3.05, 3.63) is 45.8 Å². The lowest BCUT2D eigenvalue weighted by Crippen LogP contribution is -2.17. The highest BCUT2D eigenvalue weighted by molar-refractivity contribution is 14.1. The molecule has 3 nitrogen and oxygen atoms in total. The number of nitrogens with two attached hydrogens (primary N) is 1. The van der Waals surface area contributed by atoms with Gasteiger partial charge in [0, 0.05) is 12.2 Å². The fourth-order valence-electron chi connectivity index (χ4n) is 1.60. The van der Waals surface area contributed by atoms with Crippen molar-refractivity contribution in [2.75, 3.05) is 0 Å². The molecule has 0 saturated heterocycles. The van der Waals surface area contributed by atoms with Gasteiger partial charge in [-0.15, -0.1) is 0 Å². The number of rotatable bonds is 3. The van der Waals surface area contributed by atoms with E-state index in [-0.39, 0.29) is 6.04 Å². The summed E-state index contributed by atoms with van der Waals surface area (Å²) in [7, 11) is 0. The van der Waals surface area contributed by atoms with Crippen LogP contribution in [-0.2, 0) is 6.42 Å². The maximum absolute atomic E-state index is 5.76. The van der Waals surface area contributed by atoms with Crippen LogP contribution in [0.15, 0.2) is 36.7 Å². The van der Waals surface area contributed by atoms with Crippen molar-refractivity contribution in [3.63, 3.8) is 0 Å². The molecule has 0 spiro atoms. The van der Waals surface area contributed by atoms with E-state index in [4.69, 9.17) is 5.73 Å². The number of nitrogens with zero attached hydrogens (tertiary/aromatic N) is 2. The molecule has 1 unspecified atom stereocenters. The van der Waals surface area contributed by atoms with Crippen LogP contribution < -0.4 is 5.73 Å². The molecule has 2 N–H and O–H groups in total. The molecule has 2 rings (SSSR count). The van der Waals surface area contributed by atoms with Crippen LogP contribution in [-0.4, -0.2) is 15.8 Å². The van der Waals surface area contributed by atoms with E-state index in [9.17, 15) is 0 Å². The number of aromatic nitrogens is 2. The Balaban J connectivity index is 2.19. The summed E-state index contributed by atoms with van der Waals surface area (Å²) in [4.78, 5) is 0. The molecule has 0 aliphatic rings. The van der Waals surface area contributed by atoms with Gasteiger partial charge in [0.15, 0.2) is 0 Å². The van der Waals surface area contributed by atoms with Gasteiger partial charge >= 0.3 is 0 Å². The molecule has 1 aromatic carbocycles. The average molecular weight is 327 g/mol. The van der Waals surface area contributed by atoms with E-state index in [2.05, 4.69) is 52.0 Å². The summed E-state index contributed by atoms with van der Waals surface area (Å²) in [5, 5.41) is 4.26. The molecule has 0 amide bonds. The van der Waals surface area contributed by atoms with E-state index in [0.29, 0.717) is 0 Å². The van der Waals surface area contributed by atoms with Crippen molar-refractivity contribution in [1.29, 1.82) is 0 Å². The van der Waals surface area contributed by atoms with Crippen molar-refractivity contribution >= 4 is 22.6 Å². The lowest BCUT2D eigenvalue weighted by atomic mass is 10.1. The normalized spacial score (nSPS) is 12.7. The lowest BCUT2D eigenvalue weighted by molar-refractivity contribution is 0.737. The Kier molecular flexibility index (Phi) is 3.60. The van der Waals surface area contributed by atoms with E-state index in [0.717, 1.165) is 15.7 Å². The molecule has 16 heavy (non-hydrogen) atoms. The summed E-state index contributed by atoms with van der Waals surface area (Å²) < 4.78 is 3.01. The standard InChI is InChI=1S/C12H14IN3/c1-9(14)6-10-2-4-12(5-3-10)16-8-11(13)7-15-16/h2-5,7-9H,6,14H2,1H3. The summed E-state index contributed by atoms with van der Waals surface area (Å²) in [6.07, 6.45) is 4.76. The first-order chi connectivity index (χ1) is 7.65. The molecule has 0 radical (unpaired) electrons. The smallest absolute Gasteiger partial charge is 0.0646 e. The molecule has 0 fully saturated rings.